The first-order valence-corrected chi connectivity index (χ1v) is 10.8. The summed E-state index contributed by atoms with van der Waals surface area (Å²) in [5, 5.41) is 25.6. The summed E-state index contributed by atoms with van der Waals surface area (Å²) in [6.07, 6.45) is 7.12. The Morgan fingerprint density at radius 2 is 1.77 bits per heavy atom. The van der Waals surface area contributed by atoms with E-state index in [2.05, 4.69) is 43.2 Å². The molecule has 0 unspecified atom stereocenters. The molecule has 2 heterocycles. The van der Waals surface area contributed by atoms with Crippen LogP contribution in [0.2, 0.25) is 0 Å². The van der Waals surface area contributed by atoms with Gasteiger partial charge in [0.05, 0.1) is 21.3 Å². The third kappa shape index (κ3) is 3.47. The van der Waals surface area contributed by atoms with E-state index in [9.17, 15) is 10.5 Å². The number of thiazole rings is 1. The van der Waals surface area contributed by atoms with E-state index < -0.39 is 0 Å². The summed E-state index contributed by atoms with van der Waals surface area (Å²) in [5.74, 6) is 0. The van der Waals surface area contributed by atoms with Crippen LogP contribution in [-0.4, -0.2) is 14.8 Å². The van der Waals surface area contributed by atoms with Gasteiger partial charge < -0.3 is 0 Å². The molecule has 30 heavy (non-hydrogen) atoms. The summed E-state index contributed by atoms with van der Waals surface area (Å²) in [7, 11) is 1.84. The number of allylic oxidation sites excluding steroid dienone is 2. The van der Waals surface area contributed by atoms with Crippen LogP contribution in [0.25, 0.3) is 37.8 Å². The molecule has 0 fully saturated rings. The van der Waals surface area contributed by atoms with Gasteiger partial charge in [-0.25, -0.2) is 4.98 Å². The molecular weight excluding hydrogens is 390 g/mol. The Hall–Kier alpha value is -3.48. The summed E-state index contributed by atoms with van der Waals surface area (Å²) >= 11 is 1.63. The summed E-state index contributed by atoms with van der Waals surface area (Å²) < 4.78 is 2.70. The van der Waals surface area contributed by atoms with E-state index in [4.69, 9.17) is 4.98 Å². The van der Waals surface area contributed by atoms with Crippen molar-refractivity contribution < 1.29 is 0 Å². The zero-order valence-electron chi connectivity index (χ0n) is 17.2. The van der Waals surface area contributed by atoms with Crippen LogP contribution in [0.1, 0.15) is 49.2 Å². The second kappa shape index (κ2) is 8.10. The summed E-state index contributed by atoms with van der Waals surface area (Å²) in [4.78, 5) is 4.80. The molecule has 2 aromatic carbocycles. The fourth-order valence-electron chi connectivity index (χ4n) is 3.74. The van der Waals surface area contributed by atoms with Crippen molar-refractivity contribution in [2.75, 3.05) is 0 Å². The minimum Gasteiger partial charge on any atom is -0.275 e. The van der Waals surface area contributed by atoms with E-state index in [1.54, 1.807) is 16.0 Å². The molecule has 0 aliphatic rings. The lowest BCUT2D eigenvalue weighted by Gasteiger charge is -2.04. The molecule has 0 spiro atoms. The standard InChI is InChI=1S/C24H21N5S/c1-4-6-15(7-5-2)24-27-23-19(13-26)9-17(11-21(23)30-24)16-8-18(12-25)22-20(10-16)14-29(3)28-22/h6,8-11,14H,4-5,7H2,1-3H3/b15-6+. The second-order valence-corrected chi connectivity index (χ2v) is 8.30. The van der Waals surface area contributed by atoms with Gasteiger partial charge >= 0.3 is 0 Å². The molecule has 6 heteroatoms. The fourth-order valence-corrected chi connectivity index (χ4v) is 4.84. The van der Waals surface area contributed by atoms with E-state index in [0.717, 1.165) is 51.0 Å². The number of aryl methyl sites for hydroxylation is 1. The summed E-state index contributed by atoms with van der Waals surface area (Å²) in [6, 6.07) is 12.4. The van der Waals surface area contributed by atoms with Gasteiger partial charge in [-0.15, -0.1) is 11.3 Å². The number of nitrogens with zero attached hydrogens (tertiary/aromatic N) is 5. The predicted molar refractivity (Wildman–Crippen MR) is 122 cm³/mol. The first-order valence-electron chi connectivity index (χ1n) is 9.99. The summed E-state index contributed by atoms with van der Waals surface area (Å²) in [6.45, 7) is 4.29. The zero-order chi connectivity index (χ0) is 21.3. The molecule has 0 aliphatic carbocycles. The number of rotatable bonds is 5. The lowest BCUT2D eigenvalue weighted by atomic mass is 9.99. The van der Waals surface area contributed by atoms with Gasteiger partial charge in [0.15, 0.2) is 0 Å². The van der Waals surface area contributed by atoms with Crippen molar-refractivity contribution in [2.24, 2.45) is 7.05 Å². The van der Waals surface area contributed by atoms with Crippen molar-refractivity contribution in [2.45, 2.75) is 33.1 Å². The molecule has 0 radical (unpaired) electrons. The van der Waals surface area contributed by atoms with E-state index in [1.807, 2.05) is 31.4 Å². The highest BCUT2D eigenvalue weighted by atomic mass is 32.1. The molecule has 4 rings (SSSR count). The SMILES string of the molecule is CC/C=C(\CCC)c1nc2c(C#N)cc(-c3cc(C#N)c4nn(C)cc4c3)cc2s1. The van der Waals surface area contributed by atoms with Crippen molar-refractivity contribution in [1.82, 2.24) is 14.8 Å². The third-order valence-corrected chi connectivity index (χ3v) is 6.11. The zero-order valence-corrected chi connectivity index (χ0v) is 18.0. The highest BCUT2D eigenvalue weighted by Crippen LogP contribution is 2.36. The van der Waals surface area contributed by atoms with Crippen LogP contribution in [0, 0.1) is 22.7 Å². The molecule has 0 saturated heterocycles. The molecule has 4 aromatic rings. The molecule has 148 valence electrons. The van der Waals surface area contributed by atoms with Crippen molar-refractivity contribution in [3.05, 3.63) is 52.7 Å². The van der Waals surface area contributed by atoms with Crippen LogP contribution in [0.5, 0.6) is 0 Å². The largest absolute Gasteiger partial charge is 0.275 e. The van der Waals surface area contributed by atoms with Gasteiger partial charge in [-0.05, 0) is 53.8 Å². The van der Waals surface area contributed by atoms with Gasteiger partial charge in [0, 0.05) is 18.6 Å². The number of hydrogen-bond acceptors (Lipinski definition) is 5. The van der Waals surface area contributed by atoms with Gasteiger partial charge in [-0.2, -0.15) is 15.6 Å². The normalized spacial score (nSPS) is 11.7. The van der Waals surface area contributed by atoms with Crippen LogP contribution in [-0.2, 0) is 7.05 Å². The Morgan fingerprint density at radius 1 is 1.07 bits per heavy atom. The Kier molecular flexibility index (Phi) is 5.35. The maximum atomic E-state index is 9.77. The van der Waals surface area contributed by atoms with Crippen LogP contribution < -0.4 is 0 Å². The summed E-state index contributed by atoms with van der Waals surface area (Å²) in [5.41, 5.74) is 5.59. The molecule has 0 N–H and O–H groups in total. The van der Waals surface area contributed by atoms with E-state index in [-0.39, 0.29) is 0 Å². The highest BCUT2D eigenvalue weighted by molar-refractivity contribution is 7.19. The number of fused-ring (bicyclic) bond motifs is 2. The van der Waals surface area contributed by atoms with Crippen molar-refractivity contribution in [3.63, 3.8) is 0 Å². The van der Waals surface area contributed by atoms with Gasteiger partial charge in [0.2, 0.25) is 0 Å². The average Bonchev–Trinajstić information content (AvgIpc) is 3.34. The van der Waals surface area contributed by atoms with Gasteiger partial charge in [-0.1, -0.05) is 26.3 Å². The molecule has 0 aliphatic heterocycles. The Bertz CT molecular complexity index is 1370. The molecule has 0 bridgehead atoms. The molecule has 2 aromatic heterocycles. The van der Waals surface area contributed by atoms with E-state index >= 15 is 0 Å². The quantitative estimate of drug-likeness (QED) is 0.392. The van der Waals surface area contributed by atoms with Crippen LogP contribution in [0.4, 0.5) is 0 Å². The van der Waals surface area contributed by atoms with Crippen LogP contribution in [0.3, 0.4) is 0 Å². The van der Waals surface area contributed by atoms with Crippen LogP contribution >= 0.6 is 11.3 Å². The van der Waals surface area contributed by atoms with Gasteiger partial charge in [0.1, 0.15) is 22.7 Å². The monoisotopic (exact) mass is 411 g/mol. The Labute approximate surface area is 179 Å². The Balaban J connectivity index is 1.91. The average molecular weight is 412 g/mol. The maximum absolute atomic E-state index is 9.77. The van der Waals surface area contributed by atoms with Gasteiger partial charge in [-0.3, -0.25) is 4.68 Å². The second-order valence-electron chi connectivity index (χ2n) is 7.27. The lowest BCUT2D eigenvalue weighted by molar-refractivity contribution is 0.779. The predicted octanol–water partition coefficient (Wildman–Crippen LogP) is 6.19. The van der Waals surface area contributed by atoms with Gasteiger partial charge in [0.25, 0.3) is 0 Å². The number of aromatic nitrogens is 3. The maximum Gasteiger partial charge on any atom is 0.120 e. The highest BCUT2D eigenvalue weighted by Gasteiger charge is 2.15. The molecular formula is C24H21N5S. The number of benzene rings is 2. The topological polar surface area (TPSA) is 78.3 Å². The first kappa shape index (κ1) is 19.8. The van der Waals surface area contributed by atoms with E-state index in [0.29, 0.717) is 16.6 Å². The van der Waals surface area contributed by atoms with Crippen molar-refractivity contribution >= 4 is 38.0 Å². The minimum atomic E-state index is 0.530. The molecule has 0 amide bonds. The number of nitriles is 2. The minimum absolute atomic E-state index is 0.530. The third-order valence-electron chi connectivity index (χ3n) is 5.04. The van der Waals surface area contributed by atoms with Crippen molar-refractivity contribution in [1.29, 1.82) is 10.5 Å². The molecule has 5 nitrogen and oxygen atoms in total. The Morgan fingerprint density at radius 3 is 2.43 bits per heavy atom. The fraction of sp³-hybridized carbons (Fsp3) is 0.250. The van der Waals surface area contributed by atoms with Crippen molar-refractivity contribution in [3.8, 4) is 23.3 Å². The smallest absolute Gasteiger partial charge is 0.120 e. The molecule has 0 saturated carbocycles. The van der Waals surface area contributed by atoms with E-state index in [1.165, 1.54) is 5.57 Å². The molecule has 0 atom stereocenters. The number of hydrogen-bond donors (Lipinski definition) is 0. The first-order chi connectivity index (χ1) is 14.6. The lowest BCUT2D eigenvalue weighted by Crippen LogP contribution is -1.88. The van der Waals surface area contributed by atoms with Crippen LogP contribution in [0.15, 0.2) is 36.5 Å².